The van der Waals surface area contributed by atoms with Gasteiger partial charge in [0, 0.05) is 32.5 Å². The molecule has 1 unspecified atom stereocenters. The lowest BCUT2D eigenvalue weighted by Crippen LogP contribution is -2.39. The van der Waals surface area contributed by atoms with Crippen LogP contribution in [0.1, 0.15) is 50.5 Å². The lowest BCUT2D eigenvalue weighted by Gasteiger charge is -2.20. The molecule has 2 aromatic rings. The van der Waals surface area contributed by atoms with Gasteiger partial charge in [-0.1, -0.05) is 51.1 Å². The van der Waals surface area contributed by atoms with E-state index in [2.05, 4.69) is 53.5 Å². The zero-order valence-corrected chi connectivity index (χ0v) is 22.1. The summed E-state index contributed by atoms with van der Waals surface area (Å²) >= 11 is 0. The lowest BCUT2D eigenvalue weighted by molar-refractivity contribution is 0.143. The standard InChI is InChI=1S/C24H36N4O3.HI/c1-6-25-23(27-16-18-7-12-22(26-15-18)31-14-13-30-5)28-17-21(29)19-8-10-20(11-9-19)24(2,3)4;/h7-12,15,21,29H,6,13-14,16-17H2,1-5H3,(H2,25,27,28);1H. The average Bonchev–Trinajstić information content (AvgIpc) is 2.76. The molecule has 0 spiro atoms. The Labute approximate surface area is 209 Å². The van der Waals surface area contributed by atoms with E-state index in [-0.39, 0.29) is 29.4 Å². The molecule has 178 valence electrons. The fraction of sp³-hybridized carbons (Fsp3) is 0.500. The zero-order valence-electron chi connectivity index (χ0n) is 19.7. The topological polar surface area (TPSA) is 88.0 Å². The Balaban J connectivity index is 0.00000512. The Kier molecular flexibility index (Phi) is 12.6. The summed E-state index contributed by atoms with van der Waals surface area (Å²) in [6, 6.07) is 11.9. The van der Waals surface area contributed by atoms with Crippen LogP contribution < -0.4 is 15.4 Å². The molecule has 0 amide bonds. The monoisotopic (exact) mass is 556 g/mol. The fourth-order valence-corrected chi connectivity index (χ4v) is 2.85. The van der Waals surface area contributed by atoms with Gasteiger partial charge >= 0.3 is 0 Å². The molecule has 0 saturated carbocycles. The van der Waals surface area contributed by atoms with E-state index in [0.29, 0.717) is 38.1 Å². The highest BCUT2D eigenvalue weighted by Gasteiger charge is 2.15. The molecule has 0 bridgehead atoms. The Morgan fingerprint density at radius 2 is 1.81 bits per heavy atom. The highest BCUT2D eigenvalue weighted by molar-refractivity contribution is 14.0. The molecule has 2 rings (SSSR count). The first kappa shape index (κ1) is 28.1. The number of halogens is 1. The smallest absolute Gasteiger partial charge is 0.213 e. The molecule has 0 aliphatic carbocycles. The van der Waals surface area contributed by atoms with Crippen molar-refractivity contribution < 1.29 is 14.6 Å². The molecule has 0 aliphatic heterocycles. The summed E-state index contributed by atoms with van der Waals surface area (Å²) in [6.07, 6.45) is 1.13. The predicted octanol–water partition coefficient (Wildman–Crippen LogP) is 3.81. The van der Waals surface area contributed by atoms with Gasteiger partial charge in [0.05, 0.1) is 19.3 Å². The number of aliphatic hydroxyl groups excluding tert-OH is 1. The minimum absolute atomic E-state index is 0. The van der Waals surface area contributed by atoms with Crippen LogP contribution in [0, 0.1) is 0 Å². The summed E-state index contributed by atoms with van der Waals surface area (Å²) in [7, 11) is 1.63. The Bertz CT molecular complexity index is 805. The number of aliphatic imine (C=N–C) groups is 1. The number of methoxy groups -OCH3 is 1. The molecule has 7 nitrogen and oxygen atoms in total. The van der Waals surface area contributed by atoms with Gasteiger partial charge < -0.3 is 25.2 Å². The molecule has 0 aliphatic rings. The van der Waals surface area contributed by atoms with Gasteiger partial charge in [-0.3, -0.25) is 0 Å². The van der Waals surface area contributed by atoms with Gasteiger partial charge in [-0.05, 0) is 29.0 Å². The zero-order chi connectivity index (χ0) is 22.7. The van der Waals surface area contributed by atoms with Crippen LogP contribution in [-0.4, -0.2) is 49.5 Å². The number of guanidine groups is 1. The van der Waals surface area contributed by atoms with Crippen molar-refractivity contribution in [2.45, 2.75) is 45.8 Å². The quantitative estimate of drug-likeness (QED) is 0.179. The molecule has 3 N–H and O–H groups in total. The van der Waals surface area contributed by atoms with Crippen molar-refractivity contribution in [1.82, 2.24) is 15.6 Å². The van der Waals surface area contributed by atoms with Crippen LogP contribution in [0.4, 0.5) is 0 Å². The van der Waals surface area contributed by atoms with Crippen molar-refractivity contribution in [1.29, 1.82) is 0 Å². The van der Waals surface area contributed by atoms with Gasteiger partial charge in [-0.2, -0.15) is 0 Å². The first-order valence-corrected chi connectivity index (χ1v) is 10.7. The molecule has 32 heavy (non-hydrogen) atoms. The summed E-state index contributed by atoms with van der Waals surface area (Å²) in [4.78, 5) is 8.87. The second kappa shape index (κ2) is 14.3. The van der Waals surface area contributed by atoms with E-state index >= 15 is 0 Å². The van der Waals surface area contributed by atoms with Gasteiger partial charge in [-0.25, -0.2) is 9.98 Å². The molecule has 0 radical (unpaired) electrons. The molecule has 0 fully saturated rings. The number of nitrogens with zero attached hydrogens (tertiary/aromatic N) is 2. The van der Waals surface area contributed by atoms with E-state index in [4.69, 9.17) is 9.47 Å². The van der Waals surface area contributed by atoms with E-state index in [9.17, 15) is 5.11 Å². The van der Waals surface area contributed by atoms with Crippen molar-refractivity contribution in [3.05, 3.63) is 59.3 Å². The minimum Gasteiger partial charge on any atom is -0.475 e. The van der Waals surface area contributed by atoms with Crippen LogP contribution >= 0.6 is 24.0 Å². The van der Waals surface area contributed by atoms with Gasteiger partial charge in [0.15, 0.2) is 5.96 Å². The molecule has 0 saturated heterocycles. The summed E-state index contributed by atoms with van der Waals surface area (Å²) in [5.41, 5.74) is 3.18. The van der Waals surface area contributed by atoms with Crippen molar-refractivity contribution in [3.63, 3.8) is 0 Å². The number of ether oxygens (including phenoxy) is 2. The Hall–Kier alpha value is -1.91. The predicted molar refractivity (Wildman–Crippen MR) is 140 cm³/mol. The van der Waals surface area contributed by atoms with Gasteiger partial charge in [-0.15, -0.1) is 24.0 Å². The van der Waals surface area contributed by atoms with Crippen LogP contribution in [0.15, 0.2) is 47.6 Å². The molecule has 1 aromatic heterocycles. The molecular weight excluding hydrogens is 519 g/mol. The number of aromatic nitrogens is 1. The second-order valence-corrected chi connectivity index (χ2v) is 8.31. The van der Waals surface area contributed by atoms with Gasteiger partial charge in [0.25, 0.3) is 0 Å². The third kappa shape index (κ3) is 9.70. The lowest BCUT2D eigenvalue weighted by atomic mass is 9.86. The van der Waals surface area contributed by atoms with Crippen LogP contribution in [0.2, 0.25) is 0 Å². The summed E-state index contributed by atoms with van der Waals surface area (Å²) in [5.74, 6) is 1.21. The van der Waals surface area contributed by atoms with Crippen LogP contribution in [0.25, 0.3) is 0 Å². The van der Waals surface area contributed by atoms with Crippen molar-refractivity contribution in [2.24, 2.45) is 4.99 Å². The third-order valence-electron chi connectivity index (χ3n) is 4.72. The van der Waals surface area contributed by atoms with E-state index in [0.717, 1.165) is 17.7 Å². The van der Waals surface area contributed by atoms with Gasteiger partial charge in [0.1, 0.15) is 6.61 Å². The number of rotatable bonds is 10. The number of nitrogens with one attached hydrogen (secondary N) is 2. The van der Waals surface area contributed by atoms with Crippen LogP contribution in [0.3, 0.4) is 0 Å². The number of benzene rings is 1. The number of hydrogen-bond acceptors (Lipinski definition) is 5. The maximum Gasteiger partial charge on any atom is 0.213 e. The van der Waals surface area contributed by atoms with E-state index in [1.807, 2.05) is 31.2 Å². The summed E-state index contributed by atoms with van der Waals surface area (Å²) in [6.45, 7) is 11.1. The minimum atomic E-state index is -0.622. The normalized spacial score (nSPS) is 12.6. The number of hydrogen-bond donors (Lipinski definition) is 3. The average molecular weight is 556 g/mol. The summed E-state index contributed by atoms with van der Waals surface area (Å²) in [5, 5.41) is 17.0. The van der Waals surface area contributed by atoms with Crippen molar-refractivity contribution in [3.8, 4) is 5.88 Å². The number of aliphatic hydroxyl groups is 1. The maximum atomic E-state index is 10.6. The van der Waals surface area contributed by atoms with Gasteiger partial charge in [0.2, 0.25) is 5.88 Å². The SMILES string of the molecule is CCNC(=NCc1ccc(OCCOC)nc1)NCC(O)c1ccc(C(C)(C)C)cc1.I. The third-order valence-corrected chi connectivity index (χ3v) is 4.72. The van der Waals surface area contributed by atoms with Crippen molar-refractivity contribution in [2.75, 3.05) is 33.4 Å². The Morgan fingerprint density at radius 3 is 2.38 bits per heavy atom. The van der Waals surface area contributed by atoms with E-state index in [1.54, 1.807) is 13.3 Å². The van der Waals surface area contributed by atoms with E-state index < -0.39 is 6.10 Å². The highest BCUT2D eigenvalue weighted by atomic mass is 127. The fourth-order valence-electron chi connectivity index (χ4n) is 2.85. The molecule has 1 aromatic carbocycles. The first-order chi connectivity index (χ1) is 14.8. The highest BCUT2D eigenvalue weighted by Crippen LogP contribution is 2.23. The van der Waals surface area contributed by atoms with Crippen molar-refractivity contribution >= 4 is 29.9 Å². The maximum absolute atomic E-state index is 10.6. The largest absolute Gasteiger partial charge is 0.475 e. The Morgan fingerprint density at radius 1 is 1.09 bits per heavy atom. The summed E-state index contributed by atoms with van der Waals surface area (Å²) < 4.78 is 10.4. The second-order valence-electron chi connectivity index (χ2n) is 8.31. The molecule has 1 atom stereocenters. The van der Waals surface area contributed by atoms with E-state index in [1.165, 1.54) is 5.56 Å². The van der Waals surface area contributed by atoms with Crippen LogP contribution in [-0.2, 0) is 16.7 Å². The molecule has 1 heterocycles. The first-order valence-electron chi connectivity index (χ1n) is 10.7. The molecular formula is C24H37IN4O3. The van der Waals surface area contributed by atoms with Crippen LogP contribution in [0.5, 0.6) is 5.88 Å². The molecule has 8 heteroatoms. The number of pyridine rings is 1.